The summed E-state index contributed by atoms with van der Waals surface area (Å²) in [5.41, 5.74) is 5.30. The van der Waals surface area contributed by atoms with E-state index in [1.165, 1.54) is 0 Å². The third kappa shape index (κ3) is 2.65. The van der Waals surface area contributed by atoms with E-state index < -0.39 is 6.17 Å². The van der Waals surface area contributed by atoms with Gasteiger partial charge >= 0.3 is 0 Å². The number of hydrogen-bond acceptors (Lipinski definition) is 3. The van der Waals surface area contributed by atoms with Gasteiger partial charge in [0.1, 0.15) is 6.17 Å². The third-order valence-corrected chi connectivity index (χ3v) is 2.03. The van der Waals surface area contributed by atoms with Gasteiger partial charge in [-0.15, -0.1) is 0 Å². The first-order valence-corrected chi connectivity index (χ1v) is 4.05. The van der Waals surface area contributed by atoms with Crippen molar-refractivity contribution >= 4 is 5.84 Å². The van der Waals surface area contributed by atoms with E-state index in [2.05, 4.69) is 5.16 Å². The maximum atomic E-state index is 12.6. The van der Waals surface area contributed by atoms with Crippen LogP contribution in [0, 0.1) is 0 Å². The highest BCUT2D eigenvalue weighted by Crippen LogP contribution is 2.12. The molecule has 5 heteroatoms. The van der Waals surface area contributed by atoms with E-state index in [9.17, 15) is 4.39 Å². The summed E-state index contributed by atoms with van der Waals surface area (Å²) in [6.07, 6.45) is 0.436. The number of oxime groups is 1. The van der Waals surface area contributed by atoms with Crippen LogP contribution in [0.15, 0.2) is 5.16 Å². The van der Waals surface area contributed by atoms with Crippen molar-refractivity contribution in [2.75, 3.05) is 19.6 Å². The maximum Gasteiger partial charge on any atom is 0.153 e. The molecule has 1 rings (SSSR count). The van der Waals surface area contributed by atoms with Crippen LogP contribution in [0.25, 0.3) is 0 Å². The Kier molecular flexibility index (Phi) is 3.28. The molecule has 0 aromatic heterocycles. The van der Waals surface area contributed by atoms with Gasteiger partial charge in [-0.2, -0.15) is 0 Å². The van der Waals surface area contributed by atoms with Gasteiger partial charge in [0.25, 0.3) is 0 Å². The van der Waals surface area contributed by atoms with E-state index in [-0.39, 0.29) is 5.84 Å². The van der Waals surface area contributed by atoms with Crippen LogP contribution in [0.1, 0.15) is 12.8 Å². The van der Waals surface area contributed by atoms with E-state index in [0.717, 1.165) is 0 Å². The van der Waals surface area contributed by atoms with Gasteiger partial charge in [0.2, 0.25) is 0 Å². The second kappa shape index (κ2) is 4.25. The van der Waals surface area contributed by atoms with Gasteiger partial charge in [0, 0.05) is 13.1 Å². The van der Waals surface area contributed by atoms with Gasteiger partial charge in [-0.25, -0.2) is 4.39 Å². The summed E-state index contributed by atoms with van der Waals surface area (Å²) >= 11 is 0. The highest BCUT2D eigenvalue weighted by atomic mass is 19.1. The summed E-state index contributed by atoms with van der Waals surface area (Å²) in [4.78, 5) is 1.98. The molecule has 1 fully saturated rings. The minimum Gasteiger partial charge on any atom is -0.409 e. The SMILES string of the molecule is NC(CN1CCC(F)CC1)=NO. The van der Waals surface area contributed by atoms with Gasteiger partial charge in [-0.3, -0.25) is 4.90 Å². The second-order valence-corrected chi connectivity index (χ2v) is 3.04. The zero-order chi connectivity index (χ0) is 8.97. The zero-order valence-electron chi connectivity index (χ0n) is 6.91. The number of likely N-dealkylation sites (tertiary alicyclic amines) is 1. The van der Waals surface area contributed by atoms with E-state index in [4.69, 9.17) is 10.9 Å². The van der Waals surface area contributed by atoms with Crippen LogP contribution in [-0.2, 0) is 0 Å². The fraction of sp³-hybridized carbons (Fsp3) is 0.857. The number of hydrogen-bond donors (Lipinski definition) is 2. The Morgan fingerprint density at radius 2 is 2.17 bits per heavy atom. The normalized spacial score (nSPS) is 22.9. The molecule has 0 radical (unpaired) electrons. The zero-order valence-corrected chi connectivity index (χ0v) is 6.91. The summed E-state index contributed by atoms with van der Waals surface area (Å²) in [6, 6.07) is 0. The Morgan fingerprint density at radius 3 is 2.67 bits per heavy atom. The lowest BCUT2D eigenvalue weighted by atomic mass is 10.1. The summed E-state index contributed by atoms with van der Waals surface area (Å²) in [7, 11) is 0. The van der Waals surface area contributed by atoms with Gasteiger partial charge in [0.15, 0.2) is 5.84 Å². The van der Waals surface area contributed by atoms with Gasteiger partial charge in [0.05, 0.1) is 6.54 Å². The van der Waals surface area contributed by atoms with Crippen LogP contribution in [0.2, 0.25) is 0 Å². The molecule has 0 aromatic carbocycles. The fourth-order valence-electron chi connectivity index (χ4n) is 1.32. The summed E-state index contributed by atoms with van der Waals surface area (Å²) in [5.74, 6) is 0.187. The molecule has 0 aromatic rings. The number of nitrogens with zero attached hydrogens (tertiary/aromatic N) is 2. The monoisotopic (exact) mass is 175 g/mol. The van der Waals surface area contributed by atoms with Crippen molar-refractivity contribution in [1.82, 2.24) is 4.90 Å². The quantitative estimate of drug-likeness (QED) is 0.272. The van der Waals surface area contributed by atoms with Crippen LogP contribution in [0.5, 0.6) is 0 Å². The topological polar surface area (TPSA) is 61.8 Å². The average Bonchev–Trinajstić information content (AvgIpc) is 2.09. The number of nitrogens with two attached hydrogens (primary N) is 1. The minimum atomic E-state index is -0.673. The Morgan fingerprint density at radius 1 is 1.58 bits per heavy atom. The summed E-state index contributed by atoms with van der Waals surface area (Å²) < 4.78 is 12.6. The molecule has 70 valence electrons. The molecule has 0 aliphatic carbocycles. The lowest BCUT2D eigenvalue weighted by Crippen LogP contribution is -2.40. The molecule has 0 amide bonds. The summed E-state index contributed by atoms with van der Waals surface area (Å²) in [6.45, 7) is 1.82. The molecular formula is C7H14FN3O. The number of rotatable bonds is 2. The molecule has 0 bridgehead atoms. The van der Waals surface area contributed by atoms with E-state index in [1.807, 2.05) is 4.90 Å². The first-order chi connectivity index (χ1) is 5.72. The van der Waals surface area contributed by atoms with Crippen LogP contribution in [0.3, 0.4) is 0 Å². The van der Waals surface area contributed by atoms with Crippen LogP contribution >= 0.6 is 0 Å². The van der Waals surface area contributed by atoms with Crippen molar-refractivity contribution in [3.63, 3.8) is 0 Å². The molecule has 4 nitrogen and oxygen atoms in total. The Bertz CT molecular complexity index is 166. The number of piperidine rings is 1. The lowest BCUT2D eigenvalue weighted by molar-refractivity contribution is 0.164. The number of halogens is 1. The Labute approximate surface area is 70.8 Å². The van der Waals surface area contributed by atoms with Crippen molar-refractivity contribution in [3.8, 4) is 0 Å². The molecule has 0 atom stereocenters. The average molecular weight is 175 g/mol. The van der Waals surface area contributed by atoms with E-state index in [1.54, 1.807) is 0 Å². The Balaban J connectivity index is 2.26. The van der Waals surface area contributed by atoms with Gasteiger partial charge < -0.3 is 10.9 Å². The molecule has 0 spiro atoms. The molecular weight excluding hydrogens is 161 g/mol. The van der Waals surface area contributed by atoms with Crippen molar-refractivity contribution < 1.29 is 9.60 Å². The van der Waals surface area contributed by atoms with E-state index in [0.29, 0.717) is 32.5 Å². The minimum absolute atomic E-state index is 0.187. The van der Waals surface area contributed by atoms with Crippen LogP contribution in [0.4, 0.5) is 4.39 Å². The van der Waals surface area contributed by atoms with Crippen molar-refractivity contribution in [2.45, 2.75) is 19.0 Å². The molecule has 1 heterocycles. The van der Waals surface area contributed by atoms with Crippen LogP contribution < -0.4 is 5.73 Å². The largest absolute Gasteiger partial charge is 0.409 e. The number of amidine groups is 1. The highest BCUT2D eigenvalue weighted by molar-refractivity contribution is 5.81. The molecule has 3 N–H and O–H groups in total. The van der Waals surface area contributed by atoms with Gasteiger partial charge in [-0.1, -0.05) is 5.16 Å². The highest BCUT2D eigenvalue weighted by Gasteiger charge is 2.18. The molecule has 1 aliphatic rings. The standard InChI is InChI=1S/C7H14FN3O/c8-6-1-3-11(4-2-6)5-7(9)10-12/h6,12H,1-5H2,(H2,9,10). The van der Waals surface area contributed by atoms with Gasteiger partial charge in [-0.05, 0) is 12.8 Å². The molecule has 1 aliphatic heterocycles. The Hall–Kier alpha value is -0.840. The second-order valence-electron chi connectivity index (χ2n) is 3.04. The molecule has 12 heavy (non-hydrogen) atoms. The molecule has 1 saturated heterocycles. The first kappa shape index (κ1) is 9.25. The number of alkyl halides is 1. The van der Waals surface area contributed by atoms with Crippen molar-refractivity contribution in [2.24, 2.45) is 10.9 Å². The fourth-order valence-corrected chi connectivity index (χ4v) is 1.32. The van der Waals surface area contributed by atoms with E-state index >= 15 is 0 Å². The predicted molar refractivity (Wildman–Crippen MR) is 44.0 cm³/mol. The maximum absolute atomic E-state index is 12.6. The van der Waals surface area contributed by atoms with Crippen molar-refractivity contribution in [1.29, 1.82) is 0 Å². The lowest BCUT2D eigenvalue weighted by Gasteiger charge is -2.27. The predicted octanol–water partition coefficient (Wildman–Crippen LogP) is 0.167. The van der Waals surface area contributed by atoms with Crippen molar-refractivity contribution in [3.05, 3.63) is 0 Å². The molecule has 0 unspecified atom stereocenters. The smallest absolute Gasteiger partial charge is 0.153 e. The van der Waals surface area contributed by atoms with Crippen LogP contribution in [-0.4, -0.2) is 41.7 Å². The summed E-state index contributed by atoms with van der Waals surface area (Å²) in [5, 5.41) is 11.1. The molecule has 0 saturated carbocycles. The first-order valence-electron chi connectivity index (χ1n) is 4.05. The third-order valence-electron chi connectivity index (χ3n) is 2.03.